The van der Waals surface area contributed by atoms with Crippen LogP contribution in [0, 0.1) is 12.8 Å². The zero-order valence-electron chi connectivity index (χ0n) is 23.9. The molecule has 5 aromatic rings. The minimum atomic E-state index is -0.0461. The number of nitrogens with zero attached hydrogens (tertiary/aromatic N) is 5. The lowest BCUT2D eigenvalue weighted by Gasteiger charge is -2.42. The molecule has 3 aromatic heterocycles. The zero-order valence-corrected chi connectivity index (χ0v) is 23.9. The Kier molecular flexibility index (Phi) is 6.60. The van der Waals surface area contributed by atoms with Crippen LogP contribution >= 0.6 is 0 Å². The fourth-order valence-corrected chi connectivity index (χ4v) is 5.63. The summed E-state index contributed by atoms with van der Waals surface area (Å²) in [6.45, 7) is 4.34. The number of aryl methyl sites for hydroxylation is 1. The van der Waals surface area contributed by atoms with Crippen molar-refractivity contribution in [1.82, 2.24) is 19.5 Å². The number of rotatable bonds is 8. The maximum atomic E-state index is 13.0. The summed E-state index contributed by atoms with van der Waals surface area (Å²) in [6, 6.07) is 17.5. The van der Waals surface area contributed by atoms with Crippen LogP contribution in [0.3, 0.4) is 0 Å². The number of aromatic nitrogens is 3. The second-order valence-electron chi connectivity index (χ2n) is 11.0. The highest BCUT2D eigenvalue weighted by molar-refractivity contribution is 5.89. The van der Waals surface area contributed by atoms with Gasteiger partial charge in [-0.25, -0.2) is 9.50 Å². The number of carbonyl (C=O) groups excluding carboxylic acids is 1. The topological polar surface area (TPSA) is 94.6 Å². The lowest BCUT2D eigenvalue weighted by molar-refractivity contribution is -0.133. The van der Waals surface area contributed by atoms with Crippen LogP contribution in [-0.2, 0) is 4.79 Å². The van der Waals surface area contributed by atoms with Crippen LogP contribution in [-0.4, -0.2) is 71.9 Å². The lowest BCUT2D eigenvalue weighted by Crippen LogP contribution is -2.57. The predicted molar refractivity (Wildman–Crippen MR) is 158 cm³/mol. The SMILES string of the molecule is COc1ccc(N2CCN(C(=O)C3CC3)CC2COc2cc(OC)cc3oc(-c4cn5nc(C)ccc5n4)cc23)cc1. The number of imidazole rings is 1. The second-order valence-corrected chi connectivity index (χ2v) is 11.0. The number of hydrogen-bond acceptors (Lipinski definition) is 8. The number of methoxy groups -OCH3 is 2. The molecule has 1 aliphatic carbocycles. The van der Waals surface area contributed by atoms with Crippen molar-refractivity contribution in [1.29, 1.82) is 0 Å². The zero-order chi connectivity index (χ0) is 28.8. The molecule has 0 radical (unpaired) electrons. The third kappa shape index (κ3) is 4.97. The number of hydrogen-bond donors (Lipinski definition) is 0. The van der Waals surface area contributed by atoms with Crippen LogP contribution in [0.4, 0.5) is 5.69 Å². The van der Waals surface area contributed by atoms with Crippen LogP contribution in [0.5, 0.6) is 17.2 Å². The molecule has 7 rings (SSSR count). The molecule has 0 bridgehead atoms. The Balaban J connectivity index is 1.19. The molecule has 0 spiro atoms. The van der Waals surface area contributed by atoms with Gasteiger partial charge in [-0.1, -0.05) is 0 Å². The number of anilines is 1. The molecule has 1 unspecified atom stereocenters. The summed E-state index contributed by atoms with van der Waals surface area (Å²) >= 11 is 0. The van der Waals surface area contributed by atoms with Crippen molar-refractivity contribution in [2.45, 2.75) is 25.8 Å². The Bertz CT molecular complexity index is 1760. The Morgan fingerprint density at radius 2 is 1.81 bits per heavy atom. The summed E-state index contributed by atoms with van der Waals surface area (Å²) in [5.41, 5.74) is 4.04. The van der Waals surface area contributed by atoms with E-state index in [9.17, 15) is 4.79 Å². The van der Waals surface area contributed by atoms with E-state index < -0.39 is 0 Å². The van der Waals surface area contributed by atoms with E-state index in [0.717, 1.165) is 47.6 Å². The van der Waals surface area contributed by atoms with Gasteiger partial charge in [0.25, 0.3) is 0 Å². The van der Waals surface area contributed by atoms with Gasteiger partial charge in [-0.2, -0.15) is 5.10 Å². The van der Waals surface area contributed by atoms with E-state index in [4.69, 9.17) is 23.6 Å². The van der Waals surface area contributed by atoms with Gasteiger partial charge < -0.3 is 28.4 Å². The van der Waals surface area contributed by atoms with Crippen molar-refractivity contribution in [2.75, 3.05) is 45.4 Å². The standard InChI is InChI=1S/C32H33N5O5/c1-20-4-11-31-33-27(18-37(31)34-20)30-16-26-28(14-25(40-3)15-29(26)42-30)41-19-23-17-35(32(38)21-5-6-21)12-13-36(23)22-7-9-24(39-2)10-8-22/h4,7-11,14-16,18,21,23H,5-6,12-13,17,19H2,1-3H3. The fraction of sp³-hybridized carbons (Fsp3) is 0.344. The van der Waals surface area contributed by atoms with Gasteiger partial charge in [0.2, 0.25) is 5.91 Å². The van der Waals surface area contributed by atoms with Crippen LogP contribution < -0.4 is 19.1 Å². The summed E-state index contributed by atoms with van der Waals surface area (Å²) in [6.07, 6.45) is 3.84. The van der Waals surface area contributed by atoms with Crippen molar-refractivity contribution in [3.63, 3.8) is 0 Å². The second kappa shape index (κ2) is 10.6. The predicted octanol–water partition coefficient (Wildman–Crippen LogP) is 4.97. The first-order chi connectivity index (χ1) is 20.5. The number of amides is 1. The molecular weight excluding hydrogens is 534 g/mol. The van der Waals surface area contributed by atoms with Gasteiger partial charge in [0, 0.05) is 43.4 Å². The van der Waals surface area contributed by atoms with E-state index in [-0.39, 0.29) is 17.9 Å². The van der Waals surface area contributed by atoms with Crippen LogP contribution in [0.25, 0.3) is 28.1 Å². The molecule has 4 heterocycles. The molecule has 1 amide bonds. The molecule has 10 nitrogen and oxygen atoms in total. The van der Waals surface area contributed by atoms with Gasteiger partial charge in [0.1, 0.15) is 35.1 Å². The molecule has 1 aliphatic heterocycles. The van der Waals surface area contributed by atoms with Crippen LogP contribution in [0.1, 0.15) is 18.5 Å². The first kappa shape index (κ1) is 26.2. The van der Waals surface area contributed by atoms with Crippen molar-refractivity contribution in [3.05, 3.63) is 66.5 Å². The maximum absolute atomic E-state index is 13.0. The quantitative estimate of drug-likeness (QED) is 0.259. The molecule has 2 aliphatic rings. The van der Waals surface area contributed by atoms with Gasteiger partial charge in [0.05, 0.1) is 37.5 Å². The third-order valence-corrected chi connectivity index (χ3v) is 8.07. The van der Waals surface area contributed by atoms with E-state index in [0.29, 0.717) is 48.2 Å². The first-order valence-electron chi connectivity index (χ1n) is 14.3. The largest absolute Gasteiger partial charge is 0.497 e. The number of benzene rings is 2. The molecule has 1 saturated carbocycles. The summed E-state index contributed by atoms with van der Waals surface area (Å²) in [4.78, 5) is 22.0. The monoisotopic (exact) mass is 567 g/mol. The van der Waals surface area contributed by atoms with Gasteiger partial charge in [-0.15, -0.1) is 0 Å². The minimum absolute atomic E-state index is 0.0461. The molecule has 2 fully saturated rings. The molecule has 1 atom stereocenters. The summed E-state index contributed by atoms with van der Waals surface area (Å²) < 4.78 is 25.5. The number of fused-ring (bicyclic) bond motifs is 2. The third-order valence-electron chi connectivity index (χ3n) is 8.07. The summed E-state index contributed by atoms with van der Waals surface area (Å²) in [7, 11) is 3.29. The average Bonchev–Trinajstić information content (AvgIpc) is 3.64. The van der Waals surface area contributed by atoms with Gasteiger partial charge in [-0.3, -0.25) is 4.79 Å². The molecule has 10 heteroatoms. The lowest BCUT2D eigenvalue weighted by atomic mass is 10.1. The molecule has 2 aromatic carbocycles. The number of ether oxygens (including phenoxy) is 3. The van der Waals surface area contributed by atoms with Crippen LogP contribution in [0.2, 0.25) is 0 Å². The van der Waals surface area contributed by atoms with E-state index in [1.807, 2.05) is 60.5 Å². The Morgan fingerprint density at radius 1 is 1.00 bits per heavy atom. The Hall–Kier alpha value is -4.73. The van der Waals surface area contributed by atoms with Crippen molar-refractivity contribution in [3.8, 4) is 28.7 Å². The molecule has 0 N–H and O–H groups in total. The molecular formula is C32H33N5O5. The van der Waals surface area contributed by atoms with E-state index >= 15 is 0 Å². The highest BCUT2D eigenvalue weighted by Gasteiger charge is 2.37. The normalized spacial score (nSPS) is 17.2. The Morgan fingerprint density at radius 3 is 2.57 bits per heavy atom. The highest BCUT2D eigenvalue weighted by Crippen LogP contribution is 2.38. The number of carbonyl (C=O) groups is 1. The van der Waals surface area contributed by atoms with E-state index in [1.54, 1.807) is 18.7 Å². The fourth-order valence-electron chi connectivity index (χ4n) is 5.63. The van der Waals surface area contributed by atoms with Gasteiger partial charge in [-0.05, 0) is 62.2 Å². The van der Waals surface area contributed by atoms with E-state index in [1.165, 1.54) is 0 Å². The van der Waals surface area contributed by atoms with E-state index in [2.05, 4.69) is 22.1 Å². The van der Waals surface area contributed by atoms with Crippen molar-refractivity contribution in [2.24, 2.45) is 5.92 Å². The first-order valence-corrected chi connectivity index (χ1v) is 14.3. The van der Waals surface area contributed by atoms with Gasteiger partial charge in [0.15, 0.2) is 11.4 Å². The average molecular weight is 568 g/mol. The van der Waals surface area contributed by atoms with Gasteiger partial charge >= 0.3 is 0 Å². The minimum Gasteiger partial charge on any atom is -0.497 e. The molecule has 216 valence electrons. The number of furan rings is 1. The summed E-state index contributed by atoms with van der Waals surface area (Å²) in [5, 5.41) is 5.33. The molecule has 1 saturated heterocycles. The summed E-state index contributed by atoms with van der Waals surface area (Å²) in [5.74, 6) is 3.14. The Labute approximate surface area is 243 Å². The van der Waals surface area contributed by atoms with Crippen molar-refractivity contribution < 1.29 is 23.4 Å². The molecule has 42 heavy (non-hydrogen) atoms. The number of piperazine rings is 1. The van der Waals surface area contributed by atoms with Crippen LogP contribution in [0.15, 0.2) is 65.2 Å². The maximum Gasteiger partial charge on any atom is 0.225 e. The van der Waals surface area contributed by atoms with Crippen molar-refractivity contribution >= 4 is 28.2 Å². The smallest absolute Gasteiger partial charge is 0.225 e. The highest BCUT2D eigenvalue weighted by atomic mass is 16.5.